The van der Waals surface area contributed by atoms with Gasteiger partial charge in [0.2, 0.25) is 0 Å². The summed E-state index contributed by atoms with van der Waals surface area (Å²) in [5, 5.41) is 4.32. The molecule has 3 heterocycles. The third-order valence-electron chi connectivity index (χ3n) is 7.40. The molecule has 0 aliphatic carbocycles. The van der Waals surface area contributed by atoms with Crippen molar-refractivity contribution in [1.29, 1.82) is 0 Å². The first kappa shape index (κ1) is 25.0. The van der Waals surface area contributed by atoms with E-state index >= 15 is 0 Å². The Balaban J connectivity index is 1.61. The van der Waals surface area contributed by atoms with Crippen molar-refractivity contribution in [3.63, 3.8) is 0 Å². The van der Waals surface area contributed by atoms with E-state index < -0.39 is 0 Å². The van der Waals surface area contributed by atoms with Crippen molar-refractivity contribution in [2.24, 2.45) is 0 Å². The number of nitrogens with zero attached hydrogens (tertiary/aromatic N) is 4. The third-order valence-corrected chi connectivity index (χ3v) is 7.72. The minimum atomic E-state index is -0.0618. The molecule has 1 fully saturated rings. The zero-order valence-electron chi connectivity index (χ0n) is 22.3. The summed E-state index contributed by atoms with van der Waals surface area (Å²) in [6.45, 7) is 12.9. The molecular weight excluding hydrogens is 474 g/mol. The molecule has 0 unspecified atom stereocenters. The lowest BCUT2D eigenvalue weighted by atomic mass is 9.96. The van der Waals surface area contributed by atoms with E-state index in [1.165, 1.54) is 33.9 Å². The first-order chi connectivity index (χ1) is 17.9. The largest absolute Gasteiger partial charge is 0.372 e. The fraction of sp³-hybridized carbons (Fsp3) is 0.290. The van der Waals surface area contributed by atoms with Crippen LogP contribution in [0.5, 0.6) is 0 Å². The van der Waals surface area contributed by atoms with Crippen LogP contribution in [0.1, 0.15) is 54.1 Å². The SMILES string of the molecule is CCN(CC)c1ccc(-n2c(C)cc([C@@H]3[C@H](c4ccccn4)NC(=S)N3c3cccc(C)c3)c2C)cc1. The van der Waals surface area contributed by atoms with Gasteiger partial charge in [0.1, 0.15) is 0 Å². The molecule has 5 nitrogen and oxygen atoms in total. The van der Waals surface area contributed by atoms with Gasteiger partial charge in [-0.25, -0.2) is 0 Å². The molecule has 0 radical (unpaired) electrons. The van der Waals surface area contributed by atoms with Crippen LogP contribution in [0, 0.1) is 20.8 Å². The molecule has 0 saturated carbocycles. The van der Waals surface area contributed by atoms with Crippen molar-refractivity contribution in [3.8, 4) is 5.69 Å². The monoisotopic (exact) mass is 509 g/mol. The van der Waals surface area contributed by atoms with Crippen LogP contribution in [0.25, 0.3) is 5.69 Å². The van der Waals surface area contributed by atoms with Crippen LogP contribution in [0.3, 0.4) is 0 Å². The second-order valence-electron chi connectivity index (χ2n) is 9.69. The molecule has 0 bridgehead atoms. The Labute approximate surface area is 225 Å². The minimum absolute atomic E-state index is 0.0286. The maximum atomic E-state index is 5.93. The second-order valence-corrected chi connectivity index (χ2v) is 10.1. The van der Waals surface area contributed by atoms with Gasteiger partial charge in [0.15, 0.2) is 5.11 Å². The van der Waals surface area contributed by atoms with Gasteiger partial charge in [-0.3, -0.25) is 4.98 Å². The highest BCUT2D eigenvalue weighted by Gasteiger charge is 2.42. The van der Waals surface area contributed by atoms with Crippen molar-refractivity contribution >= 4 is 28.7 Å². The molecule has 1 saturated heterocycles. The Morgan fingerprint density at radius 1 is 0.892 bits per heavy atom. The lowest BCUT2D eigenvalue weighted by Gasteiger charge is -2.28. The number of nitrogens with one attached hydrogen (secondary N) is 1. The molecule has 190 valence electrons. The predicted molar refractivity (Wildman–Crippen MR) is 158 cm³/mol. The van der Waals surface area contributed by atoms with Crippen molar-refractivity contribution < 1.29 is 0 Å². The van der Waals surface area contributed by atoms with Gasteiger partial charge >= 0.3 is 0 Å². The van der Waals surface area contributed by atoms with Gasteiger partial charge in [0.25, 0.3) is 0 Å². The summed E-state index contributed by atoms with van der Waals surface area (Å²) in [7, 11) is 0. The summed E-state index contributed by atoms with van der Waals surface area (Å²) in [6.07, 6.45) is 1.85. The molecule has 1 aliphatic rings. The number of thiocarbonyl (C=S) groups is 1. The van der Waals surface area contributed by atoms with E-state index in [0.29, 0.717) is 0 Å². The molecule has 2 aromatic heterocycles. The highest BCUT2D eigenvalue weighted by Crippen LogP contribution is 2.43. The third kappa shape index (κ3) is 4.62. The first-order valence-corrected chi connectivity index (χ1v) is 13.4. The lowest BCUT2D eigenvalue weighted by molar-refractivity contribution is 0.565. The van der Waals surface area contributed by atoms with Crippen LogP contribution in [0.15, 0.2) is 79.0 Å². The molecule has 0 amide bonds. The van der Waals surface area contributed by atoms with Crippen molar-refractivity contribution in [3.05, 3.63) is 107 Å². The van der Waals surface area contributed by atoms with E-state index in [4.69, 9.17) is 17.2 Å². The van der Waals surface area contributed by atoms with Crippen LogP contribution in [0.4, 0.5) is 11.4 Å². The number of rotatable bonds is 7. The Morgan fingerprint density at radius 2 is 1.65 bits per heavy atom. The summed E-state index contributed by atoms with van der Waals surface area (Å²) in [5.74, 6) is 0. The molecule has 2 aromatic carbocycles. The van der Waals surface area contributed by atoms with Gasteiger partial charge in [0.05, 0.1) is 17.8 Å². The average molecular weight is 510 g/mol. The molecule has 1 N–H and O–H groups in total. The van der Waals surface area contributed by atoms with Gasteiger partial charge in [-0.05, 0) is 113 Å². The Morgan fingerprint density at radius 3 is 2.30 bits per heavy atom. The van der Waals surface area contributed by atoms with E-state index in [1.54, 1.807) is 0 Å². The van der Waals surface area contributed by atoms with E-state index in [-0.39, 0.29) is 12.1 Å². The fourth-order valence-electron chi connectivity index (χ4n) is 5.61. The van der Waals surface area contributed by atoms with Gasteiger partial charge in [-0.2, -0.15) is 0 Å². The number of aryl methyl sites for hydroxylation is 2. The number of benzene rings is 2. The van der Waals surface area contributed by atoms with E-state index in [0.717, 1.165) is 29.6 Å². The van der Waals surface area contributed by atoms with Crippen LogP contribution in [-0.2, 0) is 0 Å². The van der Waals surface area contributed by atoms with Crippen LogP contribution < -0.4 is 15.1 Å². The standard InChI is InChI=1S/C31H35N5S/c1-6-34(7-2)24-14-16-25(17-15-24)35-22(4)20-27(23(35)5)30-29(28-13-8-9-18-32-28)33-31(37)36(30)26-12-10-11-21(3)19-26/h8-20,29-30H,6-7H2,1-5H3,(H,33,37)/t29-,30+/m0/s1. The fourth-order valence-corrected chi connectivity index (χ4v) is 5.96. The number of hydrogen-bond donors (Lipinski definition) is 1. The Hall–Kier alpha value is -3.64. The van der Waals surface area contributed by atoms with Crippen molar-refractivity contribution in [2.45, 2.75) is 46.7 Å². The van der Waals surface area contributed by atoms with Gasteiger partial charge in [-0.1, -0.05) is 18.2 Å². The highest BCUT2D eigenvalue weighted by molar-refractivity contribution is 7.80. The van der Waals surface area contributed by atoms with E-state index in [9.17, 15) is 0 Å². The maximum Gasteiger partial charge on any atom is 0.174 e. The summed E-state index contributed by atoms with van der Waals surface area (Å²) >= 11 is 5.93. The summed E-state index contributed by atoms with van der Waals surface area (Å²) in [4.78, 5) is 9.34. The maximum absolute atomic E-state index is 5.93. The normalized spacial score (nSPS) is 17.2. The molecule has 2 atom stereocenters. The Kier molecular flexibility index (Phi) is 7.02. The lowest BCUT2D eigenvalue weighted by Crippen LogP contribution is -2.29. The molecule has 37 heavy (non-hydrogen) atoms. The zero-order valence-corrected chi connectivity index (χ0v) is 23.1. The van der Waals surface area contributed by atoms with Gasteiger partial charge in [0, 0.05) is 47.7 Å². The van der Waals surface area contributed by atoms with Crippen LogP contribution >= 0.6 is 12.2 Å². The van der Waals surface area contributed by atoms with Crippen LogP contribution in [0.2, 0.25) is 0 Å². The van der Waals surface area contributed by atoms with E-state index in [1.807, 2.05) is 18.3 Å². The zero-order chi connectivity index (χ0) is 26.1. The molecule has 1 aliphatic heterocycles. The molecule has 6 heteroatoms. The van der Waals surface area contributed by atoms with Crippen molar-refractivity contribution in [2.75, 3.05) is 22.9 Å². The molecular formula is C31H35N5S. The quantitative estimate of drug-likeness (QED) is 0.277. The minimum Gasteiger partial charge on any atom is -0.372 e. The van der Waals surface area contributed by atoms with Gasteiger partial charge < -0.3 is 19.7 Å². The second kappa shape index (κ2) is 10.4. The molecule has 0 spiro atoms. The van der Waals surface area contributed by atoms with Crippen molar-refractivity contribution in [1.82, 2.24) is 14.9 Å². The highest BCUT2D eigenvalue weighted by atomic mass is 32.1. The predicted octanol–water partition coefficient (Wildman–Crippen LogP) is 6.82. The average Bonchev–Trinajstić information content (AvgIpc) is 3.40. The summed E-state index contributed by atoms with van der Waals surface area (Å²) in [6, 6.07) is 25.8. The number of anilines is 2. The molecule has 5 rings (SSSR count). The number of aromatic nitrogens is 2. The topological polar surface area (TPSA) is 36.3 Å². The van der Waals surface area contributed by atoms with Gasteiger partial charge in [-0.15, -0.1) is 0 Å². The number of hydrogen-bond acceptors (Lipinski definition) is 3. The summed E-state index contributed by atoms with van der Waals surface area (Å²) in [5.41, 5.74) is 9.36. The smallest absolute Gasteiger partial charge is 0.174 e. The van der Waals surface area contributed by atoms with Crippen LogP contribution in [-0.4, -0.2) is 27.8 Å². The first-order valence-electron chi connectivity index (χ1n) is 13.0. The summed E-state index contributed by atoms with van der Waals surface area (Å²) < 4.78 is 2.35. The Bertz CT molecular complexity index is 1390. The molecule has 4 aromatic rings. The number of pyridine rings is 1. The van der Waals surface area contributed by atoms with E-state index in [2.05, 4.69) is 115 Å².